The van der Waals surface area contributed by atoms with Crippen LogP contribution in [0.1, 0.15) is 32.3 Å². The molecule has 0 aliphatic rings. The Morgan fingerprint density at radius 2 is 1.94 bits per heavy atom. The highest BCUT2D eigenvalue weighted by molar-refractivity contribution is 5.24. The minimum Gasteiger partial charge on any atom is -0.394 e. The summed E-state index contributed by atoms with van der Waals surface area (Å²) in [5.41, 5.74) is 6.70. The molecule has 0 aliphatic heterocycles. The minimum absolute atomic E-state index is 0.0225. The summed E-state index contributed by atoms with van der Waals surface area (Å²) in [7, 11) is 2.11. The Morgan fingerprint density at radius 1 is 1.33 bits per heavy atom. The lowest BCUT2D eigenvalue weighted by Gasteiger charge is -2.32. The number of nitrogens with two attached hydrogens (primary N) is 1. The van der Waals surface area contributed by atoms with E-state index in [0.717, 1.165) is 24.9 Å². The maximum absolute atomic E-state index is 9.60. The summed E-state index contributed by atoms with van der Waals surface area (Å²) in [6.45, 7) is 5.26. The molecule has 0 amide bonds. The Bertz CT molecular complexity index is 342. The van der Waals surface area contributed by atoms with Gasteiger partial charge in [0.2, 0.25) is 0 Å². The molecule has 0 heterocycles. The monoisotopic (exact) mass is 250 g/mol. The van der Waals surface area contributed by atoms with Gasteiger partial charge in [-0.25, -0.2) is 0 Å². The Labute approximate surface area is 111 Å². The largest absolute Gasteiger partial charge is 0.394 e. The summed E-state index contributed by atoms with van der Waals surface area (Å²) in [6.07, 6.45) is 1.88. The number of aliphatic hydroxyl groups is 1. The van der Waals surface area contributed by atoms with Crippen LogP contribution in [-0.4, -0.2) is 36.2 Å². The van der Waals surface area contributed by atoms with Crippen LogP contribution in [0.2, 0.25) is 0 Å². The third kappa shape index (κ3) is 3.80. The van der Waals surface area contributed by atoms with E-state index in [1.165, 1.54) is 0 Å². The van der Waals surface area contributed by atoms with E-state index in [0.29, 0.717) is 6.04 Å². The van der Waals surface area contributed by atoms with E-state index < -0.39 is 5.54 Å². The second-order valence-corrected chi connectivity index (χ2v) is 5.17. The smallest absolute Gasteiger partial charge is 0.0656 e. The van der Waals surface area contributed by atoms with Gasteiger partial charge in [0.25, 0.3) is 0 Å². The van der Waals surface area contributed by atoms with Gasteiger partial charge in [-0.05, 0) is 32.4 Å². The lowest BCUT2D eigenvalue weighted by Crippen LogP contribution is -2.44. The lowest BCUT2D eigenvalue weighted by molar-refractivity contribution is 0.158. The highest BCUT2D eigenvalue weighted by Gasteiger charge is 2.26. The minimum atomic E-state index is -0.636. The van der Waals surface area contributed by atoms with Crippen LogP contribution in [0.4, 0.5) is 0 Å². The molecular weight excluding hydrogens is 224 g/mol. The molecule has 0 saturated carbocycles. The van der Waals surface area contributed by atoms with E-state index in [9.17, 15) is 5.11 Å². The highest BCUT2D eigenvalue weighted by Crippen LogP contribution is 2.22. The van der Waals surface area contributed by atoms with E-state index in [-0.39, 0.29) is 6.61 Å². The van der Waals surface area contributed by atoms with Crippen molar-refractivity contribution in [3.05, 3.63) is 35.9 Å². The average Bonchev–Trinajstić information content (AvgIpc) is 2.44. The third-order valence-electron chi connectivity index (χ3n) is 3.88. The number of rotatable bonds is 7. The molecular formula is C15H26N2O. The molecule has 0 spiro atoms. The molecule has 2 atom stereocenters. The second-order valence-electron chi connectivity index (χ2n) is 5.17. The molecule has 0 saturated heterocycles. The standard InChI is InChI=1S/C15H26N2O/c1-4-13(2)17(3)11-10-15(16,12-18)14-8-6-5-7-9-14/h5-9,13,18H,4,10-12,16H2,1-3H3. The number of hydrogen-bond acceptors (Lipinski definition) is 3. The average molecular weight is 250 g/mol. The van der Waals surface area contributed by atoms with Gasteiger partial charge in [0.15, 0.2) is 0 Å². The summed E-state index contributed by atoms with van der Waals surface area (Å²) in [4.78, 5) is 2.29. The second kappa shape index (κ2) is 6.88. The number of benzene rings is 1. The van der Waals surface area contributed by atoms with Crippen molar-refractivity contribution in [2.24, 2.45) is 5.73 Å². The van der Waals surface area contributed by atoms with Crippen molar-refractivity contribution in [2.75, 3.05) is 20.2 Å². The van der Waals surface area contributed by atoms with Gasteiger partial charge >= 0.3 is 0 Å². The van der Waals surface area contributed by atoms with Crippen molar-refractivity contribution in [3.63, 3.8) is 0 Å². The van der Waals surface area contributed by atoms with E-state index >= 15 is 0 Å². The summed E-state index contributed by atoms with van der Waals surface area (Å²) in [6, 6.07) is 10.4. The van der Waals surface area contributed by atoms with Gasteiger partial charge in [-0.2, -0.15) is 0 Å². The molecule has 0 aliphatic carbocycles. The van der Waals surface area contributed by atoms with Gasteiger partial charge in [0.05, 0.1) is 12.1 Å². The number of hydrogen-bond donors (Lipinski definition) is 2. The van der Waals surface area contributed by atoms with Gasteiger partial charge in [-0.15, -0.1) is 0 Å². The topological polar surface area (TPSA) is 49.5 Å². The molecule has 3 heteroatoms. The van der Waals surface area contributed by atoms with Crippen LogP contribution in [0.25, 0.3) is 0 Å². The van der Waals surface area contributed by atoms with Crippen molar-refractivity contribution >= 4 is 0 Å². The normalized spacial score (nSPS) is 16.6. The molecule has 18 heavy (non-hydrogen) atoms. The molecule has 1 aromatic rings. The van der Waals surface area contributed by atoms with Crippen LogP contribution in [0.15, 0.2) is 30.3 Å². The molecule has 1 rings (SSSR count). The van der Waals surface area contributed by atoms with Gasteiger partial charge in [0.1, 0.15) is 0 Å². The molecule has 1 aromatic carbocycles. The van der Waals surface area contributed by atoms with Crippen LogP contribution in [0.5, 0.6) is 0 Å². The number of aliphatic hydroxyl groups excluding tert-OH is 1. The maximum Gasteiger partial charge on any atom is 0.0656 e. The molecule has 102 valence electrons. The fraction of sp³-hybridized carbons (Fsp3) is 0.600. The first-order valence-corrected chi connectivity index (χ1v) is 6.69. The zero-order valence-electron chi connectivity index (χ0n) is 11.8. The molecule has 3 N–H and O–H groups in total. The van der Waals surface area contributed by atoms with E-state index in [2.05, 4.69) is 25.8 Å². The first-order chi connectivity index (χ1) is 8.53. The van der Waals surface area contributed by atoms with Crippen LogP contribution in [-0.2, 0) is 5.54 Å². The van der Waals surface area contributed by atoms with Gasteiger partial charge in [-0.1, -0.05) is 37.3 Å². The maximum atomic E-state index is 9.60. The van der Waals surface area contributed by atoms with Crippen LogP contribution >= 0.6 is 0 Å². The quantitative estimate of drug-likeness (QED) is 0.777. The van der Waals surface area contributed by atoms with Crippen LogP contribution < -0.4 is 5.73 Å². The van der Waals surface area contributed by atoms with E-state index in [1.54, 1.807) is 0 Å². The van der Waals surface area contributed by atoms with Gasteiger partial charge in [0, 0.05) is 12.6 Å². The molecule has 0 aromatic heterocycles. The predicted molar refractivity (Wildman–Crippen MR) is 76.4 cm³/mol. The summed E-state index contributed by atoms with van der Waals surface area (Å²) in [5.74, 6) is 0. The Morgan fingerprint density at radius 3 is 2.44 bits per heavy atom. The fourth-order valence-electron chi connectivity index (χ4n) is 1.99. The Kier molecular flexibility index (Phi) is 5.79. The van der Waals surface area contributed by atoms with Crippen molar-refractivity contribution in [3.8, 4) is 0 Å². The van der Waals surface area contributed by atoms with Crippen molar-refractivity contribution in [2.45, 2.75) is 38.3 Å². The summed E-state index contributed by atoms with van der Waals surface area (Å²) >= 11 is 0. The Hall–Kier alpha value is -0.900. The zero-order chi connectivity index (χ0) is 13.6. The predicted octanol–water partition coefficient (Wildman–Crippen LogP) is 1.95. The van der Waals surface area contributed by atoms with Gasteiger partial charge < -0.3 is 15.7 Å². The zero-order valence-corrected chi connectivity index (χ0v) is 11.8. The molecule has 2 unspecified atom stereocenters. The summed E-state index contributed by atoms with van der Waals surface area (Å²) < 4.78 is 0. The fourth-order valence-corrected chi connectivity index (χ4v) is 1.99. The van der Waals surface area contributed by atoms with Crippen molar-refractivity contribution in [1.82, 2.24) is 4.90 Å². The van der Waals surface area contributed by atoms with Crippen molar-refractivity contribution in [1.29, 1.82) is 0 Å². The summed E-state index contributed by atoms with van der Waals surface area (Å²) in [5, 5.41) is 9.60. The molecule has 0 bridgehead atoms. The van der Waals surface area contributed by atoms with Crippen LogP contribution in [0.3, 0.4) is 0 Å². The molecule has 0 fully saturated rings. The molecule has 0 radical (unpaired) electrons. The number of nitrogens with zero attached hydrogens (tertiary/aromatic N) is 1. The first-order valence-electron chi connectivity index (χ1n) is 6.69. The van der Waals surface area contributed by atoms with Crippen LogP contribution in [0, 0.1) is 0 Å². The van der Waals surface area contributed by atoms with E-state index in [4.69, 9.17) is 5.73 Å². The Balaban J connectivity index is 2.67. The van der Waals surface area contributed by atoms with Crippen molar-refractivity contribution < 1.29 is 5.11 Å². The molecule has 3 nitrogen and oxygen atoms in total. The lowest BCUT2D eigenvalue weighted by atomic mass is 9.88. The van der Waals surface area contributed by atoms with Gasteiger partial charge in [-0.3, -0.25) is 0 Å². The highest BCUT2D eigenvalue weighted by atomic mass is 16.3. The van der Waals surface area contributed by atoms with E-state index in [1.807, 2.05) is 30.3 Å². The first kappa shape index (κ1) is 15.2. The SMILES string of the molecule is CCC(C)N(C)CCC(N)(CO)c1ccccc1. The third-order valence-corrected chi connectivity index (χ3v) is 3.88.